The van der Waals surface area contributed by atoms with Crippen LogP contribution in [0.1, 0.15) is 12.8 Å². The van der Waals surface area contributed by atoms with Gasteiger partial charge >= 0.3 is 11.9 Å². The number of carboxylic acids is 2. The molecule has 0 rings (SSSR count). The van der Waals surface area contributed by atoms with Crippen LogP contribution < -0.4 is 0 Å². The zero-order chi connectivity index (χ0) is 12.6. The van der Waals surface area contributed by atoms with Crippen molar-refractivity contribution in [3.63, 3.8) is 0 Å². The van der Waals surface area contributed by atoms with E-state index in [4.69, 9.17) is 20.4 Å². The molecule has 0 aliphatic heterocycles. The van der Waals surface area contributed by atoms with E-state index < -0.39 is 30.6 Å². The minimum atomic E-state index is -1.05. The van der Waals surface area contributed by atoms with E-state index in [9.17, 15) is 9.59 Å². The maximum atomic E-state index is 10.8. The monoisotopic (exact) mass is 252 g/mol. The standard InChI is InChI=1S/C9H16O6S/c10-4-7(11)3-6(9(14)15)5-16-2-1-8(12)13/h6-7,10-11H,1-5H2,(H,12,13)(H,14,15). The fourth-order valence-electron chi connectivity index (χ4n) is 1.03. The number of rotatable bonds is 9. The first kappa shape index (κ1) is 15.2. The summed E-state index contributed by atoms with van der Waals surface area (Å²) in [6.45, 7) is -0.469. The molecule has 7 heteroatoms. The third kappa shape index (κ3) is 7.49. The van der Waals surface area contributed by atoms with Crippen molar-refractivity contribution in [2.75, 3.05) is 18.1 Å². The van der Waals surface area contributed by atoms with Gasteiger partial charge in [-0.2, -0.15) is 11.8 Å². The van der Waals surface area contributed by atoms with Gasteiger partial charge in [-0.25, -0.2) is 0 Å². The van der Waals surface area contributed by atoms with Crippen LogP contribution in [-0.2, 0) is 9.59 Å². The van der Waals surface area contributed by atoms with Gasteiger partial charge in [0.2, 0.25) is 0 Å². The van der Waals surface area contributed by atoms with Crippen LogP contribution in [0.25, 0.3) is 0 Å². The first-order chi connectivity index (χ1) is 7.47. The van der Waals surface area contributed by atoms with E-state index in [0.717, 1.165) is 0 Å². The molecule has 0 spiro atoms. The summed E-state index contributed by atoms with van der Waals surface area (Å²) in [5, 5.41) is 34.9. The number of aliphatic hydroxyl groups excluding tert-OH is 2. The number of aliphatic carboxylic acids is 2. The number of thioether (sulfide) groups is 1. The predicted molar refractivity (Wildman–Crippen MR) is 58.4 cm³/mol. The lowest BCUT2D eigenvalue weighted by molar-refractivity contribution is -0.142. The Hall–Kier alpha value is -0.790. The highest BCUT2D eigenvalue weighted by atomic mass is 32.2. The Labute approximate surface area is 97.3 Å². The van der Waals surface area contributed by atoms with Crippen LogP contribution in [0.2, 0.25) is 0 Å². The van der Waals surface area contributed by atoms with E-state index in [1.165, 1.54) is 11.8 Å². The van der Waals surface area contributed by atoms with E-state index in [1.807, 2.05) is 0 Å². The molecule has 0 amide bonds. The topological polar surface area (TPSA) is 115 Å². The second kappa shape index (κ2) is 8.37. The van der Waals surface area contributed by atoms with Crippen molar-refractivity contribution >= 4 is 23.7 Å². The molecule has 0 saturated heterocycles. The molecule has 2 atom stereocenters. The Balaban J connectivity index is 3.86. The van der Waals surface area contributed by atoms with Crippen LogP contribution in [0.4, 0.5) is 0 Å². The molecule has 2 unspecified atom stereocenters. The summed E-state index contributed by atoms with van der Waals surface area (Å²) >= 11 is 1.22. The molecule has 4 N–H and O–H groups in total. The molecule has 0 saturated carbocycles. The second-order valence-electron chi connectivity index (χ2n) is 3.33. The number of carbonyl (C=O) groups is 2. The first-order valence-electron chi connectivity index (χ1n) is 4.78. The highest BCUT2D eigenvalue weighted by Gasteiger charge is 2.21. The quantitative estimate of drug-likeness (QED) is 0.414. The average Bonchev–Trinajstić information content (AvgIpc) is 2.21. The molecule has 0 fully saturated rings. The summed E-state index contributed by atoms with van der Waals surface area (Å²) < 4.78 is 0. The van der Waals surface area contributed by atoms with Crippen molar-refractivity contribution in [1.29, 1.82) is 0 Å². The predicted octanol–water partition coefficient (Wildman–Crippen LogP) is -0.362. The van der Waals surface area contributed by atoms with Crippen molar-refractivity contribution in [3.05, 3.63) is 0 Å². The van der Waals surface area contributed by atoms with Crippen molar-refractivity contribution in [3.8, 4) is 0 Å². The van der Waals surface area contributed by atoms with Crippen LogP contribution in [0.5, 0.6) is 0 Å². The fraction of sp³-hybridized carbons (Fsp3) is 0.778. The highest BCUT2D eigenvalue weighted by Crippen LogP contribution is 2.15. The zero-order valence-corrected chi connectivity index (χ0v) is 9.52. The smallest absolute Gasteiger partial charge is 0.307 e. The molecular weight excluding hydrogens is 236 g/mol. The third-order valence-corrected chi connectivity index (χ3v) is 3.03. The molecular formula is C9H16O6S. The van der Waals surface area contributed by atoms with Gasteiger partial charge in [0.05, 0.1) is 25.0 Å². The Morgan fingerprint density at radius 3 is 2.31 bits per heavy atom. The summed E-state index contributed by atoms with van der Waals surface area (Å²) in [4.78, 5) is 21.0. The molecule has 94 valence electrons. The van der Waals surface area contributed by atoms with Gasteiger partial charge in [-0.1, -0.05) is 0 Å². The van der Waals surface area contributed by atoms with Gasteiger partial charge < -0.3 is 20.4 Å². The van der Waals surface area contributed by atoms with E-state index in [-0.39, 0.29) is 18.6 Å². The van der Waals surface area contributed by atoms with Crippen molar-refractivity contribution in [1.82, 2.24) is 0 Å². The van der Waals surface area contributed by atoms with E-state index in [2.05, 4.69) is 0 Å². The van der Waals surface area contributed by atoms with Crippen LogP contribution in [-0.4, -0.2) is 56.6 Å². The largest absolute Gasteiger partial charge is 0.481 e. The maximum Gasteiger partial charge on any atom is 0.307 e. The summed E-state index contributed by atoms with van der Waals surface area (Å²) in [6.07, 6.45) is -1.08. The number of hydrogen-bond donors (Lipinski definition) is 4. The van der Waals surface area contributed by atoms with Gasteiger partial charge in [0.15, 0.2) is 0 Å². The molecule has 0 aromatic heterocycles. The SMILES string of the molecule is O=C(O)CCSCC(CC(O)CO)C(=O)O. The lowest BCUT2D eigenvalue weighted by Gasteiger charge is -2.14. The summed E-state index contributed by atoms with van der Waals surface area (Å²) in [5.74, 6) is -2.15. The Morgan fingerprint density at radius 1 is 1.25 bits per heavy atom. The lowest BCUT2D eigenvalue weighted by atomic mass is 10.0. The van der Waals surface area contributed by atoms with Gasteiger partial charge in [-0.05, 0) is 6.42 Å². The van der Waals surface area contributed by atoms with Crippen molar-refractivity contribution in [2.24, 2.45) is 5.92 Å². The number of aliphatic hydroxyl groups is 2. The molecule has 0 radical (unpaired) electrons. The van der Waals surface area contributed by atoms with Crippen molar-refractivity contribution < 1.29 is 30.0 Å². The minimum Gasteiger partial charge on any atom is -0.481 e. The van der Waals surface area contributed by atoms with Gasteiger partial charge in [0.1, 0.15) is 0 Å². The van der Waals surface area contributed by atoms with Gasteiger partial charge in [-0.3, -0.25) is 9.59 Å². The summed E-state index contributed by atoms with van der Waals surface area (Å²) in [7, 11) is 0. The fourth-order valence-corrected chi connectivity index (χ4v) is 2.08. The van der Waals surface area contributed by atoms with Crippen LogP contribution in [0, 0.1) is 5.92 Å². The molecule has 0 aliphatic rings. The minimum absolute atomic E-state index is 0.0143. The molecule has 0 heterocycles. The zero-order valence-electron chi connectivity index (χ0n) is 8.70. The molecule has 0 aromatic carbocycles. The Kier molecular flexibility index (Phi) is 7.96. The summed E-state index contributed by atoms with van der Waals surface area (Å²) in [6, 6.07) is 0. The lowest BCUT2D eigenvalue weighted by Crippen LogP contribution is -2.25. The molecule has 0 bridgehead atoms. The maximum absolute atomic E-state index is 10.8. The van der Waals surface area contributed by atoms with Crippen LogP contribution in [0.15, 0.2) is 0 Å². The molecule has 0 aliphatic carbocycles. The van der Waals surface area contributed by atoms with E-state index in [0.29, 0.717) is 5.75 Å². The first-order valence-corrected chi connectivity index (χ1v) is 5.94. The molecule has 16 heavy (non-hydrogen) atoms. The number of hydrogen-bond acceptors (Lipinski definition) is 5. The molecule has 6 nitrogen and oxygen atoms in total. The Bertz CT molecular complexity index is 232. The van der Waals surface area contributed by atoms with Gasteiger partial charge in [0.25, 0.3) is 0 Å². The van der Waals surface area contributed by atoms with Gasteiger partial charge in [-0.15, -0.1) is 0 Å². The summed E-state index contributed by atoms with van der Waals surface area (Å²) in [5.41, 5.74) is 0. The average molecular weight is 252 g/mol. The van der Waals surface area contributed by atoms with Crippen LogP contribution in [0.3, 0.4) is 0 Å². The number of carboxylic acid groups (broad SMARTS) is 2. The second-order valence-corrected chi connectivity index (χ2v) is 4.48. The van der Waals surface area contributed by atoms with E-state index in [1.54, 1.807) is 0 Å². The van der Waals surface area contributed by atoms with E-state index >= 15 is 0 Å². The third-order valence-electron chi connectivity index (χ3n) is 1.90. The van der Waals surface area contributed by atoms with Crippen molar-refractivity contribution in [2.45, 2.75) is 18.9 Å². The normalized spacial score (nSPS) is 14.4. The van der Waals surface area contributed by atoms with Gasteiger partial charge in [0, 0.05) is 11.5 Å². The highest BCUT2D eigenvalue weighted by molar-refractivity contribution is 7.99. The van der Waals surface area contributed by atoms with Crippen LogP contribution >= 0.6 is 11.8 Å². The molecule has 0 aromatic rings. The Morgan fingerprint density at radius 2 is 1.88 bits per heavy atom.